The van der Waals surface area contributed by atoms with Crippen molar-refractivity contribution in [3.8, 4) is 11.5 Å². The molecule has 0 atom stereocenters. The fourth-order valence-corrected chi connectivity index (χ4v) is 2.04. The lowest BCUT2D eigenvalue weighted by atomic mass is 10.1. The van der Waals surface area contributed by atoms with Gasteiger partial charge in [0, 0.05) is 6.54 Å². The van der Waals surface area contributed by atoms with Crippen molar-refractivity contribution in [1.29, 1.82) is 0 Å². The standard InChI is InChI=1S/C17H21NO2/c1-3-18-11-14-7-8-17(13(2)9-14)20-16-6-4-5-15(10-16)12-19/h4-10,18-19H,3,11-12H2,1-2H3. The highest BCUT2D eigenvalue weighted by atomic mass is 16.5. The Labute approximate surface area is 120 Å². The summed E-state index contributed by atoms with van der Waals surface area (Å²) in [7, 11) is 0. The van der Waals surface area contributed by atoms with Crippen LogP contribution in [0.25, 0.3) is 0 Å². The van der Waals surface area contributed by atoms with Crippen LogP contribution in [0.1, 0.15) is 23.6 Å². The van der Waals surface area contributed by atoms with Crippen LogP contribution in [0.5, 0.6) is 11.5 Å². The van der Waals surface area contributed by atoms with E-state index in [1.54, 1.807) is 0 Å². The van der Waals surface area contributed by atoms with Crippen LogP contribution in [0.4, 0.5) is 0 Å². The number of hydrogen-bond donors (Lipinski definition) is 2. The van der Waals surface area contributed by atoms with E-state index in [1.165, 1.54) is 5.56 Å². The predicted molar refractivity (Wildman–Crippen MR) is 81.0 cm³/mol. The molecular weight excluding hydrogens is 250 g/mol. The molecule has 2 N–H and O–H groups in total. The summed E-state index contributed by atoms with van der Waals surface area (Å²) < 4.78 is 5.88. The van der Waals surface area contributed by atoms with Crippen molar-refractivity contribution in [2.45, 2.75) is 27.0 Å². The molecule has 2 aromatic rings. The Morgan fingerprint density at radius 1 is 1.10 bits per heavy atom. The third-order valence-corrected chi connectivity index (χ3v) is 3.13. The van der Waals surface area contributed by atoms with Gasteiger partial charge in [-0.3, -0.25) is 0 Å². The SMILES string of the molecule is CCNCc1ccc(Oc2cccc(CO)c2)c(C)c1. The minimum atomic E-state index is 0.0256. The Kier molecular flexibility index (Phi) is 5.16. The summed E-state index contributed by atoms with van der Waals surface area (Å²) in [5, 5.41) is 12.4. The first-order chi connectivity index (χ1) is 9.72. The zero-order valence-corrected chi connectivity index (χ0v) is 12.0. The highest BCUT2D eigenvalue weighted by Crippen LogP contribution is 2.26. The molecule has 3 heteroatoms. The monoisotopic (exact) mass is 271 g/mol. The Morgan fingerprint density at radius 3 is 2.65 bits per heavy atom. The largest absolute Gasteiger partial charge is 0.457 e. The van der Waals surface area contributed by atoms with E-state index >= 15 is 0 Å². The van der Waals surface area contributed by atoms with E-state index in [-0.39, 0.29) is 6.61 Å². The maximum absolute atomic E-state index is 9.14. The number of benzene rings is 2. The number of hydrogen-bond acceptors (Lipinski definition) is 3. The highest BCUT2D eigenvalue weighted by Gasteiger charge is 2.03. The summed E-state index contributed by atoms with van der Waals surface area (Å²) >= 11 is 0. The van der Waals surface area contributed by atoms with Gasteiger partial charge in [0.25, 0.3) is 0 Å². The Hall–Kier alpha value is -1.84. The number of nitrogens with one attached hydrogen (secondary N) is 1. The maximum atomic E-state index is 9.14. The smallest absolute Gasteiger partial charge is 0.130 e. The molecule has 0 aliphatic heterocycles. The number of ether oxygens (including phenoxy) is 1. The van der Waals surface area contributed by atoms with Crippen LogP contribution in [0, 0.1) is 6.92 Å². The third-order valence-electron chi connectivity index (χ3n) is 3.13. The number of aryl methyl sites for hydroxylation is 1. The Bertz CT molecular complexity index is 567. The molecule has 0 aliphatic carbocycles. The molecule has 0 saturated heterocycles. The molecule has 0 bridgehead atoms. The molecule has 2 aromatic carbocycles. The second-order valence-electron chi connectivity index (χ2n) is 4.79. The van der Waals surface area contributed by atoms with Gasteiger partial charge in [-0.2, -0.15) is 0 Å². The molecule has 0 saturated carbocycles. The molecule has 0 fully saturated rings. The van der Waals surface area contributed by atoms with Crippen LogP contribution in [0.15, 0.2) is 42.5 Å². The second-order valence-corrected chi connectivity index (χ2v) is 4.79. The first-order valence-corrected chi connectivity index (χ1v) is 6.91. The van der Waals surface area contributed by atoms with Gasteiger partial charge >= 0.3 is 0 Å². The van der Waals surface area contributed by atoms with E-state index < -0.39 is 0 Å². The molecule has 106 valence electrons. The van der Waals surface area contributed by atoms with Gasteiger partial charge in [0.05, 0.1) is 6.61 Å². The fraction of sp³-hybridized carbons (Fsp3) is 0.294. The minimum absolute atomic E-state index is 0.0256. The van der Waals surface area contributed by atoms with Gasteiger partial charge in [-0.25, -0.2) is 0 Å². The van der Waals surface area contributed by atoms with Gasteiger partial charge in [0.2, 0.25) is 0 Å². The van der Waals surface area contributed by atoms with E-state index in [4.69, 9.17) is 9.84 Å². The van der Waals surface area contributed by atoms with Gasteiger partial charge in [-0.05, 0) is 48.4 Å². The zero-order valence-electron chi connectivity index (χ0n) is 12.0. The molecule has 2 rings (SSSR count). The molecule has 0 radical (unpaired) electrons. The number of aliphatic hydroxyl groups excluding tert-OH is 1. The average molecular weight is 271 g/mol. The number of rotatable bonds is 6. The van der Waals surface area contributed by atoms with E-state index in [0.717, 1.165) is 35.7 Å². The Morgan fingerprint density at radius 2 is 1.95 bits per heavy atom. The normalized spacial score (nSPS) is 10.6. The topological polar surface area (TPSA) is 41.5 Å². The minimum Gasteiger partial charge on any atom is -0.457 e. The fourth-order valence-electron chi connectivity index (χ4n) is 2.04. The lowest BCUT2D eigenvalue weighted by Crippen LogP contribution is -2.11. The summed E-state index contributed by atoms with van der Waals surface area (Å²) in [4.78, 5) is 0. The molecule has 0 spiro atoms. The molecule has 0 unspecified atom stereocenters. The van der Waals surface area contributed by atoms with Crippen molar-refractivity contribution in [3.63, 3.8) is 0 Å². The summed E-state index contributed by atoms with van der Waals surface area (Å²) in [5.74, 6) is 1.60. The first-order valence-electron chi connectivity index (χ1n) is 6.91. The summed E-state index contributed by atoms with van der Waals surface area (Å²) in [6.07, 6.45) is 0. The van der Waals surface area contributed by atoms with Crippen LogP contribution >= 0.6 is 0 Å². The lowest BCUT2D eigenvalue weighted by Gasteiger charge is -2.11. The predicted octanol–water partition coefficient (Wildman–Crippen LogP) is 3.39. The summed E-state index contributed by atoms with van der Waals surface area (Å²) in [5.41, 5.74) is 3.21. The summed E-state index contributed by atoms with van der Waals surface area (Å²) in [6, 6.07) is 13.7. The Balaban J connectivity index is 2.12. The molecule has 0 aromatic heterocycles. The highest BCUT2D eigenvalue weighted by molar-refractivity contribution is 5.40. The molecule has 3 nitrogen and oxygen atoms in total. The third kappa shape index (κ3) is 3.83. The quantitative estimate of drug-likeness (QED) is 0.846. The van der Waals surface area contributed by atoms with Crippen molar-refractivity contribution in [2.75, 3.05) is 6.54 Å². The van der Waals surface area contributed by atoms with Gasteiger partial charge < -0.3 is 15.2 Å². The van der Waals surface area contributed by atoms with E-state index in [1.807, 2.05) is 37.3 Å². The van der Waals surface area contributed by atoms with Crippen LogP contribution in [0.2, 0.25) is 0 Å². The van der Waals surface area contributed by atoms with Gasteiger partial charge in [0.15, 0.2) is 0 Å². The molecular formula is C17H21NO2. The van der Waals surface area contributed by atoms with Crippen LogP contribution in [-0.2, 0) is 13.2 Å². The average Bonchev–Trinajstić information content (AvgIpc) is 2.48. The molecule has 0 aliphatic rings. The molecule has 20 heavy (non-hydrogen) atoms. The van der Waals surface area contributed by atoms with Crippen LogP contribution < -0.4 is 10.1 Å². The van der Waals surface area contributed by atoms with Gasteiger partial charge in [-0.15, -0.1) is 0 Å². The lowest BCUT2D eigenvalue weighted by molar-refractivity contribution is 0.281. The van der Waals surface area contributed by atoms with Crippen molar-refractivity contribution in [2.24, 2.45) is 0 Å². The van der Waals surface area contributed by atoms with E-state index in [0.29, 0.717) is 0 Å². The van der Waals surface area contributed by atoms with Crippen LogP contribution in [0.3, 0.4) is 0 Å². The van der Waals surface area contributed by atoms with E-state index in [9.17, 15) is 0 Å². The first kappa shape index (κ1) is 14.6. The summed E-state index contributed by atoms with van der Waals surface area (Å²) in [6.45, 7) is 6.00. The van der Waals surface area contributed by atoms with Crippen LogP contribution in [-0.4, -0.2) is 11.7 Å². The van der Waals surface area contributed by atoms with Crippen molar-refractivity contribution in [3.05, 3.63) is 59.2 Å². The second kappa shape index (κ2) is 7.08. The van der Waals surface area contributed by atoms with Gasteiger partial charge in [-0.1, -0.05) is 31.2 Å². The maximum Gasteiger partial charge on any atom is 0.130 e. The van der Waals surface area contributed by atoms with Crippen molar-refractivity contribution < 1.29 is 9.84 Å². The van der Waals surface area contributed by atoms with Crippen molar-refractivity contribution in [1.82, 2.24) is 5.32 Å². The molecule has 0 amide bonds. The van der Waals surface area contributed by atoms with Crippen molar-refractivity contribution >= 4 is 0 Å². The molecule has 0 heterocycles. The van der Waals surface area contributed by atoms with E-state index in [2.05, 4.69) is 24.4 Å². The van der Waals surface area contributed by atoms with Gasteiger partial charge in [0.1, 0.15) is 11.5 Å². The zero-order chi connectivity index (χ0) is 14.4. The number of aliphatic hydroxyl groups is 1.